The maximum absolute atomic E-state index is 8.27. The van der Waals surface area contributed by atoms with E-state index < -0.39 is 0 Å². The predicted octanol–water partition coefficient (Wildman–Crippen LogP) is 3.89. The zero-order valence-electron chi connectivity index (χ0n) is 9.89. The topological polar surface area (TPSA) is 22.3 Å². The molecule has 0 fully saturated rings. The van der Waals surface area contributed by atoms with Crippen molar-refractivity contribution < 1.29 is 32.7 Å². The molecule has 1 nitrogen and oxygen atoms in total. The first-order valence-corrected chi connectivity index (χ1v) is 4.36. The molecule has 0 amide bonds. The van der Waals surface area contributed by atoms with Gasteiger partial charge >= 0.3 is 32.7 Å². The van der Waals surface area contributed by atoms with Crippen LogP contribution in [0.15, 0.2) is 0 Å². The summed E-state index contributed by atoms with van der Waals surface area (Å²) in [4.78, 5) is 0. The van der Waals surface area contributed by atoms with Gasteiger partial charge in [0, 0.05) is 0 Å². The van der Waals surface area contributed by atoms with Gasteiger partial charge in [0.2, 0.25) is 0 Å². The Kier molecular flexibility index (Phi) is 16.2. The molecule has 0 aliphatic carbocycles. The van der Waals surface area contributed by atoms with E-state index in [2.05, 4.69) is 48.0 Å². The Morgan fingerprint density at radius 3 is 1.62 bits per heavy atom. The molecule has 0 radical (unpaired) electrons. The summed E-state index contributed by atoms with van der Waals surface area (Å²) in [6, 6.07) is 0. The van der Waals surface area contributed by atoms with Crippen LogP contribution in [0.25, 0.3) is 5.41 Å². The molecule has 0 aliphatic heterocycles. The van der Waals surface area contributed by atoms with Crippen molar-refractivity contribution in [1.29, 1.82) is 0 Å². The Morgan fingerprint density at radius 1 is 1.23 bits per heavy atom. The van der Waals surface area contributed by atoms with E-state index in [0.717, 1.165) is 0 Å². The van der Waals surface area contributed by atoms with Gasteiger partial charge in [-0.2, -0.15) is 32.6 Å². The van der Waals surface area contributed by atoms with Gasteiger partial charge in [0.1, 0.15) is 0 Å². The molecule has 0 unspecified atom stereocenters. The summed E-state index contributed by atoms with van der Waals surface area (Å²) >= 11 is 0. The molecule has 0 atom stereocenters. The monoisotopic (exact) mass is 257 g/mol. The minimum atomic E-state index is 0. The summed E-state index contributed by atoms with van der Waals surface area (Å²) in [7, 11) is 0. The van der Waals surface area contributed by atoms with Crippen LogP contribution in [0.1, 0.15) is 48.0 Å². The van der Waals surface area contributed by atoms with E-state index >= 15 is 0 Å². The van der Waals surface area contributed by atoms with Crippen molar-refractivity contribution in [2.24, 2.45) is 5.41 Å². The quantitative estimate of drug-likeness (QED) is 0.529. The second-order valence-corrected chi connectivity index (χ2v) is 4.49. The van der Waals surface area contributed by atoms with Crippen molar-refractivity contribution in [3.63, 3.8) is 0 Å². The first-order chi connectivity index (χ1) is 5.29. The fourth-order valence-corrected chi connectivity index (χ4v) is 0.406. The van der Waals surface area contributed by atoms with Gasteiger partial charge in [0.15, 0.2) is 0 Å². The van der Waals surface area contributed by atoms with E-state index in [4.69, 9.17) is 5.41 Å². The summed E-state index contributed by atoms with van der Waals surface area (Å²) in [6.45, 7) is 12.6. The predicted molar refractivity (Wildman–Crippen MR) is 58.1 cm³/mol. The standard InChI is InChI=1S/C7H13N.C4H9.Y/c1-7(2,3)5-4-6-8;1-4(2)3;/h5-6H,4H2,1-3H3;1-3H3;/q-2;-1;+3. The smallest absolute Gasteiger partial charge is 0.816 e. The Hall–Kier alpha value is 0.774. The molecule has 0 aromatic rings. The fraction of sp³-hybridized carbons (Fsp3) is 0.727. The maximum atomic E-state index is 8.27. The third kappa shape index (κ3) is 44.5. The van der Waals surface area contributed by atoms with E-state index in [0.29, 0.717) is 6.42 Å². The van der Waals surface area contributed by atoms with Gasteiger partial charge in [-0.15, -0.1) is 0 Å². The Balaban J connectivity index is -0.000000173. The van der Waals surface area contributed by atoms with E-state index in [9.17, 15) is 0 Å². The minimum absolute atomic E-state index is 0. The van der Waals surface area contributed by atoms with Crippen molar-refractivity contribution in [3.05, 3.63) is 17.7 Å². The molecule has 0 N–H and O–H groups in total. The third-order valence-corrected chi connectivity index (χ3v) is 0.836. The Bertz CT molecular complexity index is 100. The SMILES string of the molecule is CC(C)(C)[CH-]CC=[N-].C[C-](C)C.[Y+3]. The second-order valence-electron chi connectivity index (χ2n) is 4.49. The van der Waals surface area contributed by atoms with Gasteiger partial charge < -0.3 is 17.7 Å². The van der Waals surface area contributed by atoms with Crippen LogP contribution in [0, 0.1) is 17.8 Å². The molecule has 0 saturated heterocycles. The zero-order chi connectivity index (χ0) is 10.2. The molecule has 0 spiro atoms. The Morgan fingerprint density at radius 2 is 1.54 bits per heavy atom. The summed E-state index contributed by atoms with van der Waals surface area (Å²) in [5, 5.41) is 8.27. The van der Waals surface area contributed by atoms with Crippen LogP contribution in [0.4, 0.5) is 0 Å². The van der Waals surface area contributed by atoms with Crippen LogP contribution in [-0.4, -0.2) is 6.21 Å². The van der Waals surface area contributed by atoms with Gasteiger partial charge in [0.05, 0.1) is 0 Å². The molecular formula is C11H22NY. The van der Waals surface area contributed by atoms with E-state index in [1.165, 1.54) is 12.1 Å². The van der Waals surface area contributed by atoms with Gasteiger partial charge in [0.25, 0.3) is 0 Å². The molecule has 0 saturated carbocycles. The summed E-state index contributed by atoms with van der Waals surface area (Å²) < 4.78 is 0. The normalized spacial score (nSPS) is 9.77. The van der Waals surface area contributed by atoms with Crippen molar-refractivity contribution >= 4 is 6.21 Å². The van der Waals surface area contributed by atoms with E-state index in [1.807, 2.05) is 0 Å². The molecule has 74 valence electrons. The van der Waals surface area contributed by atoms with Crippen LogP contribution in [-0.2, 0) is 32.7 Å². The zero-order valence-corrected chi connectivity index (χ0v) is 12.7. The molecule has 0 bridgehead atoms. The summed E-state index contributed by atoms with van der Waals surface area (Å²) in [5.41, 5.74) is 0.235. The van der Waals surface area contributed by atoms with Gasteiger partial charge in [-0.3, -0.25) is 0 Å². The van der Waals surface area contributed by atoms with Gasteiger partial charge in [-0.1, -0.05) is 20.8 Å². The van der Waals surface area contributed by atoms with E-state index in [1.54, 1.807) is 0 Å². The molecule has 0 heterocycles. The summed E-state index contributed by atoms with van der Waals surface area (Å²) in [5.74, 6) is 1.42. The van der Waals surface area contributed by atoms with Crippen LogP contribution < -0.4 is 0 Å². The molecule has 13 heavy (non-hydrogen) atoms. The number of hydrogen-bond acceptors (Lipinski definition) is 0. The molecule has 0 rings (SSSR count). The minimum Gasteiger partial charge on any atom is -0.816 e. The fourth-order valence-electron chi connectivity index (χ4n) is 0.406. The molecule has 0 aromatic carbocycles. The maximum Gasteiger partial charge on any atom is 3.00 e. The number of hydrogen-bond donors (Lipinski definition) is 0. The van der Waals surface area contributed by atoms with Crippen LogP contribution >= 0.6 is 0 Å². The van der Waals surface area contributed by atoms with Gasteiger partial charge in [-0.25, -0.2) is 6.21 Å². The molecule has 2 heteroatoms. The van der Waals surface area contributed by atoms with Crippen LogP contribution in [0.2, 0.25) is 0 Å². The second kappa shape index (κ2) is 10.9. The average molecular weight is 257 g/mol. The van der Waals surface area contributed by atoms with Crippen molar-refractivity contribution in [2.45, 2.75) is 48.0 Å². The first kappa shape index (κ1) is 19.4. The van der Waals surface area contributed by atoms with E-state index in [-0.39, 0.29) is 38.1 Å². The van der Waals surface area contributed by atoms with Crippen molar-refractivity contribution in [3.8, 4) is 0 Å². The molecule has 0 aromatic heterocycles. The number of rotatable bonds is 2. The molecule has 0 aliphatic rings. The summed E-state index contributed by atoms with van der Waals surface area (Å²) in [6.07, 6.45) is 3.92. The van der Waals surface area contributed by atoms with Crippen molar-refractivity contribution in [1.82, 2.24) is 0 Å². The van der Waals surface area contributed by atoms with Crippen LogP contribution in [0.5, 0.6) is 0 Å². The number of nitrogens with zero attached hydrogens (tertiary/aromatic N) is 1. The largest absolute Gasteiger partial charge is 3.00 e. The van der Waals surface area contributed by atoms with Crippen molar-refractivity contribution in [2.75, 3.05) is 0 Å². The Labute approximate surface area is 109 Å². The first-order valence-electron chi connectivity index (χ1n) is 4.36. The van der Waals surface area contributed by atoms with Gasteiger partial charge in [-0.05, 0) is 0 Å². The van der Waals surface area contributed by atoms with Crippen LogP contribution in [0.3, 0.4) is 0 Å². The average Bonchev–Trinajstić information content (AvgIpc) is 1.80. The third-order valence-electron chi connectivity index (χ3n) is 0.836. The molecular weight excluding hydrogens is 235 g/mol.